The molecule has 8 nitrogen and oxygen atoms in total. The summed E-state index contributed by atoms with van der Waals surface area (Å²) in [6.45, 7) is 0. The lowest BCUT2D eigenvalue weighted by molar-refractivity contribution is -0.394. The van der Waals surface area contributed by atoms with Gasteiger partial charge >= 0.3 is 0 Å². The highest BCUT2D eigenvalue weighted by molar-refractivity contribution is 5.78. The molecule has 0 bridgehead atoms. The minimum atomic E-state index is -0.675. The lowest BCUT2D eigenvalue weighted by atomic mass is 10.1. The van der Waals surface area contributed by atoms with Gasteiger partial charge in [0.15, 0.2) is 11.5 Å². The molecule has 0 saturated heterocycles. The first kappa shape index (κ1) is 16.9. The van der Waals surface area contributed by atoms with E-state index in [-0.39, 0.29) is 16.9 Å². The molecule has 124 valence electrons. The van der Waals surface area contributed by atoms with Gasteiger partial charge in [0.05, 0.1) is 35.7 Å². The van der Waals surface area contributed by atoms with Crippen LogP contribution in [0.3, 0.4) is 0 Å². The Morgan fingerprint density at radius 1 is 0.917 bits per heavy atom. The molecule has 2 aromatic rings. The van der Waals surface area contributed by atoms with Crippen LogP contribution in [-0.4, -0.2) is 24.1 Å². The van der Waals surface area contributed by atoms with Crippen LogP contribution in [0.2, 0.25) is 0 Å². The number of rotatable bonds is 6. The van der Waals surface area contributed by atoms with E-state index in [1.165, 1.54) is 32.4 Å². The van der Waals surface area contributed by atoms with Crippen LogP contribution in [0, 0.1) is 20.2 Å². The van der Waals surface area contributed by atoms with Crippen molar-refractivity contribution in [2.24, 2.45) is 0 Å². The first-order chi connectivity index (χ1) is 11.5. The molecule has 0 radical (unpaired) electrons. The normalized spacial score (nSPS) is 10.6. The number of para-hydroxylation sites is 1. The molecule has 2 rings (SSSR count). The zero-order valence-electron chi connectivity index (χ0n) is 13.0. The lowest BCUT2D eigenvalue weighted by Crippen LogP contribution is -1.95. The number of hydrogen-bond acceptors (Lipinski definition) is 6. The molecule has 0 fully saturated rings. The van der Waals surface area contributed by atoms with Crippen molar-refractivity contribution in [2.45, 2.75) is 0 Å². The van der Waals surface area contributed by atoms with E-state index in [9.17, 15) is 20.2 Å². The largest absolute Gasteiger partial charge is 0.493 e. The van der Waals surface area contributed by atoms with Gasteiger partial charge in [-0.2, -0.15) is 0 Å². The van der Waals surface area contributed by atoms with Crippen molar-refractivity contribution >= 4 is 23.5 Å². The van der Waals surface area contributed by atoms with Crippen LogP contribution in [0.1, 0.15) is 11.1 Å². The molecule has 0 N–H and O–H groups in total. The van der Waals surface area contributed by atoms with Gasteiger partial charge < -0.3 is 9.47 Å². The molecule has 0 saturated carbocycles. The Labute approximate surface area is 137 Å². The molecule has 0 aliphatic rings. The molecule has 0 aliphatic heterocycles. The second-order valence-corrected chi connectivity index (χ2v) is 4.67. The molecule has 0 heterocycles. The van der Waals surface area contributed by atoms with Gasteiger partial charge in [-0.3, -0.25) is 20.2 Å². The Morgan fingerprint density at radius 2 is 1.62 bits per heavy atom. The third-order valence-corrected chi connectivity index (χ3v) is 3.30. The molecule has 24 heavy (non-hydrogen) atoms. The summed E-state index contributed by atoms with van der Waals surface area (Å²) in [6.07, 6.45) is 3.12. The summed E-state index contributed by atoms with van der Waals surface area (Å²) in [5, 5.41) is 21.9. The molecule has 0 unspecified atom stereocenters. The minimum absolute atomic E-state index is 0.246. The van der Waals surface area contributed by atoms with Crippen molar-refractivity contribution in [1.29, 1.82) is 0 Å². The highest BCUT2D eigenvalue weighted by Gasteiger charge is 2.18. The van der Waals surface area contributed by atoms with Crippen molar-refractivity contribution in [2.75, 3.05) is 14.2 Å². The van der Waals surface area contributed by atoms with Gasteiger partial charge in [0.1, 0.15) is 0 Å². The standard InChI is InChI=1S/C16H14N2O6/c1-23-15-5-3-4-12(16(15)24-2)7-6-11-8-9-13(17(19)20)10-14(11)18(21)22/h3-10H,1-2H3/b7-6+. The molecule has 0 spiro atoms. The van der Waals surface area contributed by atoms with Crippen LogP contribution < -0.4 is 9.47 Å². The van der Waals surface area contributed by atoms with Crippen molar-refractivity contribution in [3.05, 3.63) is 67.8 Å². The van der Waals surface area contributed by atoms with Gasteiger partial charge in [0, 0.05) is 11.6 Å². The number of non-ortho nitro benzene ring substituents is 1. The molecule has 2 aromatic carbocycles. The second kappa shape index (κ2) is 7.23. The predicted molar refractivity (Wildman–Crippen MR) is 88.2 cm³/mol. The second-order valence-electron chi connectivity index (χ2n) is 4.67. The molecular weight excluding hydrogens is 316 g/mol. The van der Waals surface area contributed by atoms with Gasteiger partial charge in [-0.15, -0.1) is 0 Å². The maximum absolute atomic E-state index is 11.1. The van der Waals surface area contributed by atoms with Crippen molar-refractivity contribution in [1.82, 2.24) is 0 Å². The van der Waals surface area contributed by atoms with Crippen molar-refractivity contribution in [3.63, 3.8) is 0 Å². The quantitative estimate of drug-likeness (QED) is 0.454. The van der Waals surface area contributed by atoms with E-state index in [1.807, 2.05) is 0 Å². The van der Waals surface area contributed by atoms with Crippen molar-refractivity contribution < 1.29 is 19.3 Å². The Hall–Kier alpha value is -3.42. The highest BCUT2D eigenvalue weighted by atomic mass is 16.6. The fourth-order valence-corrected chi connectivity index (χ4v) is 2.17. The summed E-state index contributed by atoms with van der Waals surface area (Å²) < 4.78 is 10.5. The van der Waals surface area contributed by atoms with Crippen LogP contribution in [-0.2, 0) is 0 Å². The fourth-order valence-electron chi connectivity index (χ4n) is 2.17. The van der Waals surface area contributed by atoms with Crippen LogP contribution in [0.25, 0.3) is 12.2 Å². The van der Waals surface area contributed by atoms with Crippen molar-refractivity contribution in [3.8, 4) is 11.5 Å². The molecule has 8 heteroatoms. The van der Waals surface area contributed by atoms with E-state index in [0.29, 0.717) is 17.1 Å². The van der Waals surface area contributed by atoms with Gasteiger partial charge in [-0.05, 0) is 18.2 Å². The summed E-state index contributed by atoms with van der Waals surface area (Å²) in [6, 6.07) is 8.72. The molecule has 0 aliphatic carbocycles. The molecule has 0 atom stereocenters. The summed E-state index contributed by atoms with van der Waals surface area (Å²) in [4.78, 5) is 20.6. The van der Waals surface area contributed by atoms with Crippen LogP contribution in [0.4, 0.5) is 11.4 Å². The van der Waals surface area contributed by atoms with Gasteiger partial charge in [0.25, 0.3) is 11.4 Å². The number of nitro groups is 2. The monoisotopic (exact) mass is 330 g/mol. The third kappa shape index (κ3) is 3.49. The number of methoxy groups -OCH3 is 2. The number of hydrogen-bond donors (Lipinski definition) is 0. The summed E-state index contributed by atoms with van der Waals surface area (Å²) in [5.41, 5.74) is 0.222. The first-order valence-electron chi connectivity index (χ1n) is 6.79. The van der Waals surface area contributed by atoms with Gasteiger partial charge in [-0.25, -0.2) is 0 Å². The predicted octanol–water partition coefficient (Wildman–Crippen LogP) is 3.69. The summed E-state index contributed by atoms with van der Waals surface area (Å²) in [7, 11) is 3.00. The van der Waals surface area contributed by atoms with Crippen LogP contribution >= 0.6 is 0 Å². The van der Waals surface area contributed by atoms with Gasteiger partial charge in [0.2, 0.25) is 0 Å². The first-order valence-corrected chi connectivity index (χ1v) is 6.79. The van der Waals surface area contributed by atoms with Gasteiger partial charge in [-0.1, -0.05) is 18.2 Å². The summed E-state index contributed by atoms with van der Waals surface area (Å²) >= 11 is 0. The topological polar surface area (TPSA) is 105 Å². The number of nitro benzene ring substituents is 2. The van der Waals surface area contributed by atoms with E-state index >= 15 is 0 Å². The Kier molecular flexibility index (Phi) is 5.10. The number of benzene rings is 2. The lowest BCUT2D eigenvalue weighted by Gasteiger charge is -2.09. The Bertz CT molecular complexity index is 816. The fraction of sp³-hybridized carbons (Fsp3) is 0.125. The van der Waals surface area contributed by atoms with Crippen LogP contribution in [0.5, 0.6) is 11.5 Å². The van der Waals surface area contributed by atoms with E-state index in [4.69, 9.17) is 9.47 Å². The van der Waals surface area contributed by atoms with E-state index in [2.05, 4.69) is 0 Å². The van der Waals surface area contributed by atoms with E-state index in [1.54, 1.807) is 24.3 Å². The smallest absolute Gasteiger partial charge is 0.283 e. The molecular formula is C16H14N2O6. The maximum atomic E-state index is 11.1. The maximum Gasteiger partial charge on any atom is 0.283 e. The molecule has 0 amide bonds. The average molecular weight is 330 g/mol. The summed E-state index contributed by atoms with van der Waals surface area (Å²) in [5.74, 6) is 1.01. The molecule has 0 aromatic heterocycles. The zero-order valence-corrected chi connectivity index (χ0v) is 13.0. The minimum Gasteiger partial charge on any atom is -0.493 e. The van der Waals surface area contributed by atoms with Crippen LogP contribution in [0.15, 0.2) is 36.4 Å². The Balaban J connectivity index is 2.46. The average Bonchev–Trinajstić information content (AvgIpc) is 2.58. The number of ether oxygens (including phenoxy) is 2. The zero-order chi connectivity index (χ0) is 17.7. The van der Waals surface area contributed by atoms with E-state index < -0.39 is 9.85 Å². The highest BCUT2D eigenvalue weighted by Crippen LogP contribution is 2.33. The number of nitrogens with zero attached hydrogens (tertiary/aromatic N) is 2. The SMILES string of the molecule is COc1cccc(/C=C/c2ccc([N+](=O)[O-])cc2[N+](=O)[O-])c1OC. The third-order valence-electron chi connectivity index (χ3n) is 3.30. The van der Waals surface area contributed by atoms with E-state index in [0.717, 1.165) is 6.07 Å². The Morgan fingerprint density at radius 3 is 2.21 bits per heavy atom.